The minimum atomic E-state index is -1.02. The van der Waals surface area contributed by atoms with E-state index < -0.39 is 5.97 Å². The molecule has 26 heavy (non-hydrogen) atoms. The van der Waals surface area contributed by atoms with Crippen LogP contribution in [-0.2, 0) is 4.79 Å². The molecule has 3 rings (SSSR count). The lowest BCUT2D eigenvalue weighted by Gasteiger charge is -2.03. The van der Waals surface area contributed by atoms with Gasteiger partial charge in [-0.25, -0.2) is 9.79 Å². The topological polar surface area (TPSA) is 88.0 Å². The number of rotatable bonds is 4. The number of thioether (sulfide) groups is 1. The number of aliphatic imine (C=N–C) groups is 1. The molecule has 132 valence electrons. The van der Waals surface area contributed by atoms with Crippen molar-refractivity contribution in [2.75, 3.05) is 7.11 Å². The molecule has 1 fully saturated rings. The van der Waals surface area contributed by atoms with Crippen LogP contribution < -0.4 is 10.1 Å². The van der Waals surface area contributed by atoms with E-state index >= 15 is 0 Å². The molecule has 0 saturated carbocycles. The van der Waals surface area contributed by atoms with E-state index in [9.17, 15) is 9.59 Å². The van der Waals surface area contributed by atoms with Gasteiger partial charge in [-0.2, -0.15) is 0 Å². The molecule has 0 bridgehead atoms. The molecule has 7 heteroatoms. The van der Waals surface area contributed by atoms with Gasteiger partial charge in [0.05, 0.1) is 23.3 Å². The maximum Gasteiger partial charge on any atom is 0.335 e. The van der Waals surface area contributed by atoms with Crippen molar-refractivity contribution in [3.8, 4) is 5.75 Å². The predicted octanol–water partition coefficient (Wildman–Crippen LogP) is 3.59. The molecule has 1 amide bonds. The molecule has 1 saturated heterocycles. The van der Waals surface area contributed by atoms with E-state index in [4.69, 9.17) is 9.84 Å². The molecule has 2 N–H and O–H groups in total. The number of carbonyl (C=O) groups excluding carboxylic acids is 1. The number of carbonyl (C=O) groups is 2. The van der Waals surface area contributed by atoms with E-state index in [0.717, 1.165) is 16.9 Å². The second kappa shape index (κ2) is 7.45. The molecule has 0 atom stereocenters. The van der Waals surface area contributed by atoms with Crippen LogP contribution in [0.3, 0.4) is 0 Å². The van der Waals surface area contributed by atoms with Crippen LogP contribution in [0.1, 0.15) is 21.5 Å². The van der Waals surface area contributed by atoms with E-state index in [1.165, 1.54) is 23.9 Å². The highest BCUT2D eigenvalue weighted by atomic mass is 32.2. The highest BCUT2D eigenvalue weighted by Crippen LogP contribution is 2.29. The van der Waals surface area contributed by atoms with Crippen LogP contribution >= 0.6 is 11.8 Å². The molecule has 0 aromatic heterocycles. The number of amidine groups is 1. The van der Waals surface area contributed by atoms with E-state index in [-0.39, 0.29) is 11.5 Å². The number of amides is 1. The first kappa shape index (κ1) is 17.8. The molecular weight excluding hydrogens is 352 g/mol. The van der Waals surface area contributed by atoms with Gasteiger partial charge in [-0.1, -0.05) is 18.2 Å². The lowest BCUT2D eigenvalue weighted by atomic mass is 10.1. The number of carboxylic acid groups (broad SMARTS) is 1. The number of methoxy groups -OCH3 is 1. The molecule has 0 radical (unpaired) electrons. The summed E-state index contributed by atoms with van der Waals surface area (Å²) < 4.78 is 5.12. The van der Waals surface area contributed by atoms with Gasteiger partial charge in [-0.05, 0) is 60.2 Å². The van der Waals surface area contributed by atoms with Crippen molar-refractivity contribution in [2.45, 2.75) is 6.92 Å². The first-order chi connectivity index (χ1) is 12.5. The molecule has 6 nitrogen and oxygen atoms in total. The van der Waals surface area contributed by atoms with Crippen molar-refractivity contribution in [3.05, 3.63) is 64.1 Å². The minimum absolute atomic E-state index is 0.151. The summed E-state index contributed by atoms with van der Waals surface area (Å²) in [6.45, 7) is 1.83. The fraction of sp³-hybridized carbons (Fsp3) is 0.105. The van der Waals surface area contributed by atoms with Gasteiger partial charge in [0.25, 0.3) is 5.91 Å². The smallest absolute Gasteiger partial charge is 0.335 e. The quantitative estimate of drug-likeness (QED) is 0.805. The van der Waals surface area contributed by atoms with Crippen LogP contribution in [0.4, 0.5) is 5.69 Å². The number of benzene rings is 2. The first-order valence-corrected chi connectivity index (χ1v) is 8.55. The fourth-order valence-electron chi connectivity index (χ4n) is 2.30. The van der Waals surface area contributed by atoms with Crippen molar-refractivity contribution in [1.29, 1.82) is 0 Å². The maximum absolute atomic E-state index is 12.2. The van der Waals surface area contributed by atoms with Crippen LogP contribution in [0.2, 0.25) is 0 Å². The lowest BCUT2D eigenvalue weighted by Crippen LogP contribution is -2.19. The Hall–Kier alpha value is -3.06. The van der Waals surface area contributed by atoms with Gasteiger partial charge in [0, 0.05) is 0 Å². The second-order valence-electron chi connectivity index (χ2n) is 5.56. The molecule has 2 aromatic rings. The van der Waals surface area contributed by atoms with Crippen LogP contribution in [0.15, 0.2) is 52.4 Å². The van der Waals surface area contributed by atoms with E-state index in [0.29, 0.717) is 15.8 Å². The highest BCUT2D eigenvalue weighted by molar-refractivity contribution is 8.18. The Morgan fingerprint density at radius 2 is 1.96 bits per heavy atom. The standard InChI is InChI=1S/C19H16N2O4S/c1-11-3-6-13(18(23)24)10-15(11)20-19-21-17(22)16(26-19)9-12-4-7-14(25-2)8-5-12/h3-10H,1-2H3,(H,23,24)(H,20,21,22). The normalized spacial score (nSPS) is 16.8. The summed E-state index contributed by atoms with van der Waals surface area (Å²) in [4.78, 5) is 28.2. The van der Waals surface area contributed by atoms with Gasteiger partial charge in [-0.15, -0.1) is 0 Å². The number of carboxylic acids is 1. The summed E-state index contributed by atoms with van der Waals surface area (Å²) in [7, 11) is 1.60. The average Bonchev–Trinajstić information content (AvgIpc) is 2.96. The van der Waals surface area contributed by atoms with Gasteiger partial charge in [0.15, 0.2) is 5.17 Å². The van der Waals surface area contributed by atoms with Crippen molar-refractivity contribution in [1.82, 2.24) is 5.32 Å². The number of nitrogens with zero attached hydrogens (tertiary/aromatic N) is 1. The summed E-state index contributed by atoms with van der Waals surface area (Å²) >= 11 is 1.21. The molecular formula is C19H16N2O4S. The summed E-state index contributed by atoms with van der Waals surface area (Å²) in [5.41, 5.74) is 2.36. The predicted molar refractivity (Wildman–Crippen MR) is 102 cm³/mol. The molecule has 2 aromatic carbocycles. The Morgan fingerprint density at radius 3 is 2.62 bits per heavy atom. The van der Waals surface area contributed by atoms with E-state index in [1.807, 2.05) is 31.2 Å². The molecule has 0 spiro atoms. The number of nitrogens with one attached hydrogen (secondary N) is 1. The van der Waals surface area contributed by atoms with Crippen LogP contribution in [0.25, 0.3) is 6.08 Å². The zero-order chi connectivity index (χ0) is 18.7. The number of ether oxygens (including phenoxy) is 1. The van der Waals surface area contributed by atoms with E-state index in [1.54, 1.807) is 19.3 Å². The molecule has 1 heterocycles. The number of aryl methyl sites for hydroxylation is 1. The van der Waals surface area contributed by atoms with Crippen molar-refractivity contribution in [3.63, 3.8) is 0 Å². The van der Waals surface area contributed by atoms with Gasteiger partial charge < -0.3 is 15.2 Å². The molecule has 0 unspecified atom stereocenters. The van der Waals surface area contributed by atoms with Gasteiger partial charge in [-0.3, -0.25) is 4.79 Å². The van der Waals surface area contributed by atoms with Crippen molar-refractivity contribution < 1.29 is 19.4 Å². The average molecular weight is 368 g/mol. The van der Waals surface area contributed by atoms with E-state index in [2.05, 4.69) is 10.3 Å². The SMILES string of the molecule is COc1ccc(C=C2SC(=Nc3cc(C(=O)O)ccc3C)NC2=O)cc1. The Bertz CT molecular complexity index is 933. The van der Waals surface area contributed by atoms with Crippen molar-refractivity contribution >= 4 is 40.6 Å². The van der Waals surface area contributed by atoms with Gasteiger partial charge in [0.1, 0.15) is 5.75 Å². The fourth-order valence-corrected chi connectivity index (χ4v) is 3.14. The summed E-state index contributed by atoms with van der Waals surface area (Å²) in [6, 6.07) is 12.1. The van der Waals surface area contributed by atoms with Crippen LogP contribution in [0, 0.1) is 6.92 Å². The number of hydrogen-bond acceptors (Lipinski definition) is 5. The highest BCUT2D eigenvalue weighted by Gasteiger charge is 2.24. The van der Waals surface area contributed by atoms with Gasteiger partial charge in [0.2, 0.25) is 0 Å². The lowest BCUT2D eigenvalue weighted by molar-refractivity contribution is -0.115. The Morgan fingerprint density at radius 1 is 1.23 bits per heavy atom. The molecule has 1 aliphatic heterocycles. The third-order valence-corrected chi connectivity index (χ3v) is 4.65. The summed E-state index contributed by atoms with van der Waals surface area (Å²) in [5.74, 6) is -0.516. The van der Waals surface area contributed by atoms with Crippen LogP contribution in [0.5, 0.6) is 5.75 Å². The second-order valence-corrected chi connectivity index (χ2v) is 6.59. The Kier molecular flexibility index (Phi) is 5.09. The first-order valence-electron chi connectivity index (χ1n) is 7.74. The zero-order valence-corrected chi connectivity index (χ0v) is 15.0. The third kappa shape index (κ3) is 3.94. The Labute approximate surface area is 154 Å². The number of hydrogen-bond donors (Lipinski definition) is 2. The third-order valence-electron chi connectivity index (χ3n) is 3.74. The summed E-state index contributed by atoms with van der Waals surface area (Å²) in [6.07, 6.45) is 1.77. The maximum atomic E-state index is 12.2. The number of aromatic carboxylic acids is 1. The van der Waals surface area contributed by atoms with Crippen molar-refractivity contribution in [2.24, 2.45) is 4.99 Å². The minimum Gasteiger partial charge on any atom is -0.497 e. The molecule has 0 aliphatic carbocycles. The van der Waals surface area contributed by atoms with Gasteiger partial charge >= 0.3 is 5.97 Å². The van der Waals surface area contributed by atoms with Crippen LogP contribution in [-0.4, -0.2) is 29.3 Å². The summed E-state index contributed by atoms with van der Waals surface area (Å²) in [5, 5.41) is 12.2. The molecule has 1 aliphatic rings. The monoisotopic (exact) mass is 368 g/mol. The Balaban J connectivity index is 1.85. The zero-order valence-electron chi connectivity index (χ0n) is 14.1. The largest absolute Gasteiger partial charge is 0.497 e.